The van der Waals surface area contributed by atoms with Gasteiger partial charge in [-0.3, -0.25) is 9.59 Å². The summed E-state index contributed by atoms with van der Waals surface area (Å²) in [6.45, 7) is 5.61. The Morgan fingerprint density at radius 1 is 1.24 bits per heavy atom. The van der Waals surface area contributed by atoms with E-state index in [1.54, 1.807) is 18.7 Å². The number of benzene rings is 1. The summed E-state index contributed by atoms with van der Waals surface area (Å²) in [5, 5.41) is 6.17. The molecule has 1 aromatic carbocycles. The molecular formula is C16H21N3O2. The van der Waals surface area contributed by atoms with Crippen molar-refractivity contribution in [2.24, 2.45) is 0 Å². The van der Waals surface area contributed by atoms with Gasteiger partial charge in [0.1, 0.15) is 5.54 Å². The van der Waals surface area contributed by atoms with Crippen LogP contribution in [-0.2, 0) is 11.2 Å². The summed E-state index contributed by atoms with van der Waals surface area (Å²) in [7, 11) is 0. The Kier molecular flexibility index (Phi) is 3.35. The summed E-state index contributed by atoms with van der Waals surface area (Å²) in [4.78, 5) is 26.7. The SMILES string of the molecule is CC1(C)C(=O)NCCN1C(=O)c1cccc2c1CCCN2. The van der Waals surface area contributed by atoms with Crippen molar-refractivity contribution in [2.75, 3.05) is 25.0 Å². The maximum Gasteiger partial charge on any atom is 0.255 e. The Morgan fingerprint density at radius 2 is 2.05 bits per heavy atom. The largest absolute Gasteiger partial charge is 0.385 e. The predicted molar refractivity (Wildman–Crippen MR) is 81.4 cm³/mol. The molecule has 1 saturated heterocycles. The van der Waals surface area contributed by atoms with Crippen LogP contribution in [0.4, 0.5) is 5.69 Å². The molecule has 0 saturated carbocycles. The van der Waals surface area contributed by atoms with Crippen LogP contribution in [0.3, 0.4) is 0 Å². The first-order valence-electron chi connectivity index (χ1n) is 7.48. The molecule has 0 radical (unpaired) electrons. The second kappa shape index (κ2) is 5.06. The number of hydrogen-bond acceptors (Lipinski definition) is 3. The Morgan fingerprint density at radius 3 is 2.86 bits per heavy atom. The first-order valence-corrected chi connectivity index (χ1v) is 7.48. The molecule has 2 aliphatic heterocycles. The molecule has 0 atom stereocenters. The summed E-state index contributed by atoms with van der Waals surface area (Å²) in [5.41, 5.74) is 2.05. The number of carbonyl (C=O) groups is 2. The third kappa shape index (κ3) is 2.26. The van der Waals surface area contributed by atoms with Gasteiger partial charge in [0.05, 0.1) is 0 Å². The number of rotatable bonds is 1. The average Bonchev–Trinajstić information content (AvgIpc) is 2.49. The van der Waals surface area contributed by atoms with Crippen LogP contribution in [0.1, 0.15) is 36.2 Å². The normalized spacial score (nSPS) is 20.3. The van der Waals surface area contributed by atoms with E-state index in [0.717, 1.165) is 36.2 Å². The molecule has 21 heavy (non-hydrogen) atoms. The van der Waals surface area contributed by atoms with Crippen LogP contribution in [0.5, 0.6) is 0 Å². The molecule has 2 N–H and O–H groups in total. The minimum Gasteiger partial charge on any atom is -0.385 e. The number of hydrogen-bond donors (Lipinski definition) is 2. The number of anilines is 1. The molecule has 0 unspecified atom stereocenters. The van der Waals surface area contributed by atoms with E-state index in [9.17, 15) is 9.59 Å². The van der Waals surface area contributed by atoms with E-state index in [1.807, 2.05) is 18.2 Å². The number of carbonyl (C=O) groups excluding carboxylic acids is 2. The molecule has 0 bridgehead atoms. The van der Waals surface area contributed by atoms with Crippen LogP contribution in [0.2, 0.25) is 0 Å². The zero-order valence-corrected chi connectivity index (χ0v) is 12.5. The predicted octanol–water partition coefficient (Wildman–Crippen LogP) is 1.40. The molecule has 5 nitrogen and oxygen atoms in total. The Labute approximate surface area is 124 Å². The van der Waals surface area contributed by atoms with Gasteiger partial charge in [-0.1, -0.05) is 6.07 Å². The maximum absolute atomic E-state index is 13.0. The summed E-state index contributed by atoms with van der Waals surface area (Å²) < 4.78 is 0. The molecule has 0 aliphatic carbocycles. The lowest BCUT2D eigenvalue weighted by molar-refractivity contribution is -0.133. The molecule has 0 aromatic heterocycles. The van der Waals surface area contributed by atoms with Gasteiger partial charge in [-0.15, -0.1) is 0 Å². The second-order valence-electron chi connectivity index (χ2n) is 6.13. The van der Waals surface area contributed by atoms with E-state index in [4.69, 9.17) is 0 Å². The fourth-order valence-electron chi connectivity index (χ4n) is 3.11. The second-order valence-corrected chi connectivity index (χ2v) is 6.13. The highest BCUT2D eigenvalue weighted by atomic mass is 16.2. The smallest absolute Gasteiger partial charge is 0.255 e. The van der Waals surface area contributed by atoms with Crippen molar-refractivity contribution in [3.8, 4) is 0 Å². The highest BCUT2D eigenvalue weighted by Gasteiger charge is 2.41. The van der Waals surface area contributed by atoms with Crippen LogP contribution >= 0.6 is 0 Å². The Balaban J connectivity index is 1.97. The minimum atomic E-state index is -0.805. The van der Waals surface area contributed by atoms with Gasteiger partial charge < -0.3 is 15.5 Å². The molecule has 1 fully saturated rings. The molecule has 5 heteroatoms. The highest BCUT2D eigenvalue weighted by Crippen LogP contribution is 2.28. The third-order valence-corrected chi connectivity index (χ3v) is 4.42. The maximum atomic E-state index is 13.0. The van der Waals surface area contributed by atoms with E-state index in [0.29, 0.717) is 13.1 Å². The fraction of sp³-hybridized carbons (Fsp3) is 0.500. The zero-order valence-electron chi connectivity index (χ0n) is 12.5. The van der Waals surface area contributed by atoms with Gasteiger partial charge in [0.2, 0.25) is 5.91 Å². The summed E-state index contributed by atoms with van der Waals surface area (Å²) in [6.07, 6.45) is 1.94. The minimum absolute atomic E-state index is 0.0459. The highest BCUT2D eigenvalue weighted by molar-refractivity contribution is 6.01. The van der Waals surface area contributed by atoms with Crippen LogP contribution in [0, 0.1) is 0 Å². The van der Waals surface area contributed by atoms with Gasteiger partial charge in [0.25, 0.3) is 5.91 Å². The van der Waals surface area contributed by atoms with E-state index in [-0.39, 0.29) is 11.8 Å². The van der Waals surface area contributed by atoms with Crippen molar-refractivity contribution < 1.29 is 9.59 Å². The lowest BCUT2D eigenvalue weighted by Gasteiger charge is -2.41. The van der Waals surface area contributed by atoms with Gasteiger partial charge >= 0.3 is 0 Å². The van der Waals surface area contributed by atoms with Crippen LogP contribution in [0.15, 0.2) is 18.2 Å². The Bertz CT molecular complexity index is 595. The van der Waals surface area contributed by atoms with Gasteiger partial charge in [-0.2, -0.15) is 0 Å². The molecule has 112 valence electrons. The van der Waals surface area contributed by atoms with E-state index in [2.05, 4.69) is 10.6 Å². The summed E-state index contributed by atoms with van der Waals surface area (Å²) >= 11 is 0. The van der Waals surface area contributed by atoms with Gasteiger partial charge in [-0.25, -0.2) is 0 Å². The molecule has 3 rings (SSSR count). The van der Waals surface area contributed by atoms with E-state index in [1.165, 1.54) is 0 Å². The van der Waals surface area contributed by atoms with E-state index >= 15 is 0 Å². The third-order valence-electron chi connectivity index (χ3n) is 4.42. The van der Waals surface area contributed by atoms with Crippen molar-refractivity contribution in [2.45, 2.75) is 32.2 Å². The van der Waals surface area contributed by atoms with Crippen LogP contribution in [0.25, 0.3) is 0 Å². The van der Waals surface area contributed by atoms with Crippen LogP contribution < -0.4 is 10.6 Å². The fourth-order valence-corrected chi connectivity index (χ4v) is 3.11. The first kappa shape index (κ1) is 13.9. The van der Waals surface area contributed by atoms with Crippen LogP contribution in [-0.4, -0.2) is 41.9 Å². The van der Waals surface area contributed by atoms with Crippen molar-refractivity contribution in [1.29, 1.82) is 0 Å². The molecular weight excluding hydrogens is 266 g/mol. The standard InChI is InChI=1S/C16H21N3O2/c1-16(2)15(21)18-9-10-19(16)14(20)12-5-3-7-13-11(12)6-4-8-17-13/h3,5,7,17H,4,6,8-10H2,1-2H3,(H,18,21). The first-order chi connectivity index (χ1) is 10.0. The zero-order chi connectivity index (χ0) is 15.0. The van der Waals surface area contributed by atoms with Crippen molar-refractivity contribution in [1.82, 2.24) is 10.2 Å². The molecule has 0 spiro atoms. The summed E-state index contributed by atoms with van der Waals surface area (Å²) in [5.74, 6) is -0.138. The summed E-state index contributed by atoms with van der Waals surface area (Å²) in [6, 6.07) is 5.79. The number of amides is 2. The Hall–Kier alpha value is -2.04. The number of nitrogens with zero attached hydrogens (tertiary/aromatic N) is 1. The van der Waals surface area contributed by atoms with Crippen molar-refractivity contribution >= 4 is 17.5 Å². The molecule has 2 amide bonds. The molecule has 2 heterocycles. The van der Waals surface area contributed by atoms with Crippen molar-refractivity contribution in [3.63, 3.8) is 0 Å². The number of nitrogens with one attached hydrogen (secondary N) is 2. The monoisotopic (exact) mass is 287 g/mol. The number of piperazine rings is 1. The lowest BCUT2D eigenvalue weighted by Crippen LogP contribution is -2.63. The van der Waals surface area contributed by atoms with Gasteiger partial charge in [-0.05, 0) is 44.4 Å². The topological polar surface area (TPSA) is 61.4 Å². The van der Waals surface area contributed by atoms with Gasteiger partial charge in [0, 0.05) is 30.9 Å². The molecule has 1 aromatic rings. The number of fused-ring (bicyclic) bond motifs is 1. The lowest BCUT2D eigenvalue weighted by atomic mass is 9.93. The van der Waals surface area contributed by atoms with Gasteiger partial charge in [0.15, 0.2) is 0 Å². The van der Waals surface area contributed by atoms with E-state index < -0.39 is 5.54 Å². The van der Waals surface area contributed by atoms with Crippen molar-refractivity contribution in [3.05, 3.63) is 29.3 Å². The molecule has 2 aliphatic rings. The quantitative estimate of drug-likeness (QED) is 0.820. The average molecular weight is 287 g/mol.